The van der Waals surface area contributed by atoms with Gasteiger partial charge in [-0.15, -0.1) is 0 Å². The van der Waals surface area contributed by atoms with Gasteiger partial charge in [-0.25, -0.2) is 9.59 Å². The Morgan fingerprint density at radius 1 is 1.12 bits per heavy atom. The number of likely N-dealkylation sites (tertiary alicyclic amines) is 1. The topological polar surface area (TPSA) is 108 Å². The van der Waals surface area contributed by atoms with Crippen LogP contribution in [0.2, 0.25) is 0 Å². The Balaban J connectivity index is 1.59. The molecule has 2 atom stereocenters. The number of benzene rings is 2. The lowest BCUT2D eigenvalue weighted by atomic mass is 9.86. The fourth-order valence-electron chi connectivity index (χ4n) is 3.83. The summed E-state index contributed by atoms with van der Waals surface area (Å²) in [5.41, 5.74) is 0.782. The first-order chi connectivity index (χ1) is 15.8. The lowest BCUT2D eigenvalue weighted by Crippen LogP contribution is -2.49. The minimum Gasteiger partial charge on any atom is -0.445 e. The Morgan fingerprint density at radius 2 is 1.82 bits per heavy atom. The second kappa shape index (κ2) is 11.3. The summed E-state index contributed by atoms with van der Waals surface area (Å²) >= 11 is 0. The van der Waals surface area contributed by atoms with Crippen molar-refractivity contribution >= 4 is 17.9 Å². The number of piperidine rings is 1. The normalized spacial score (nSPS) is 18.0. The molecule has 0 unspecified atom stereocenters. The van der Waals surface area contributed by atoms with Crippen LogP contribution in [0.3, 0.4) is 0 Å². The van der Waals surface area contributed by atoms with Gasteiger partial charge in [0.2, 0.25) is 0 Å². The molecule has 1 saturated heterocycles. The maximum absolute atomic E-state index is 12.6. The minimum absolute atomic E-state index is 0.0765. The summed E-state index contributed by atoms with van der Waals surface area (Å²) in [5.74, 6) is 0.608. The van der Waals surface area contributed by atoms with Crippen LogP contribution in [0.15, 0.2) is 54.6 Å². The number of nitrogens with zero attached hydrogens (tertiary/aromatic N) is 2. The maximum atomic E-state index is 12.6. The molecule has 0 saturated carbocycles. The van der Waals surface area contributed by atoms with Crippen molar-refractivity contribution in [2.24, 2.45) is 11.8 Å². The number of carbonyl (C=O) groups excluding carboxylic acids is 2. The Morgan fingerprint density at radius 3 is 2.45 bits per heavy atom. The minimum atomic E-state index is -0.915. The smallest absolute Gasteiger partial charge is 0.445 e. The van der Waals surface area contributed by atoms with Crippen LogP contribution in [0.1, 0.15) is 32.3 Å². The van der Waals surface area contributed by atoms with Crippen LogP contribution in [0.25, 0.3) is 0 Å². The van der Waals surface area contributed by atoms with E-state index in [-0.39, 0.29) is 30.5 Å². The number of ether oxygens (including phenoxy) is 3. The molecule has 9 heteroatoms. The van der Waals surface area contributed by atoms with E-state index in [9.17, 15) is 19.7 Å². The van der Waals surface area contributed by atoms with E-state index >= 15 is 0 Å². The molecular weight excluding hydrogens is 428 g/mol. The molecule has 1 aliphatic heterocycles. The van der Waals surface area contributed by atoms with E-state index in [1.165, 1.54) is 24.3 Å². The van der Waals surface area contributed by atoms with Crippen molar-refractivity contribution in [1.82, 2.24) is 4.90 Å². The largest absolute Gasteiger partial charge is 0.514 e. The molecule has 2 aromatic carbocycles. The zero-order valence-electron chi connectivity index (χ0n) is 18.7. The van der Waals surface area contributed by atoms with Crippen LogP contribution in [-0.2, 0) is 16.1 Å². The average molecular weight is 456 g/mol. The zero-order valence-corrected chi connectivity index (χ0v) is 18.7. The highest BCUT2D eigenvalue weighted by Gasteiger charge is 2.35. The van der Waals surface area contributed by atoms with Gasteiger partial charge < -0.3 is 19.1 Å². The Hall–Kier alpha value is -3.62. The highest BCUT2D eigenvalue weighted by atomic mass is 16.7. The van der Waals surface area contributed by atoms with Crippen molar-refractivity contribution < 1.29 is 28.7 Å². The summed E-state index contributed by atoms with van der Waals surface area (Å²) in [5, 5.41) is 10.8. The number of hydrogen-bond acceptors (Lipinski definition) is 7. The number of rotatable bonds is 7. The molecule has 3 rings (SSSR count). The molecular formula is C24H28N2O7. The van der Waals surface area contributed by atoms with Crippen molar-refractivity contribution in [2.75, 3.05) is 13.1 Å². The van der Waals surface area contributed by atoms with Gasteiger partial charge in [0.15, 0.2) is 0 Å². The summed E-state index contributed by atoms with van der Waals surface area (Å²) in [6.07, 6.45) is -0.409. The van der Waals surface area contributed by atoms with Gasteiger partial charge in [0.1, 0.15) is 18.5 Å². The van der Waals surface area contributed by atoms with Gasteiger partial charge in [-0.3, -0.25) is 10.1 Å². The van der Waals surface area contributed by atoms with Crippen molar-refractivity contribution in [3.05, 3.63) is 70.3 Å². The monoisotopic (exact) mass is 456 g/mol. The van der Waals surface area contributed by atoms with E-state index in [2.05, 4.69) is 13.8 Å². The first-order valence-corrected chi connectivity index (χ1v) is 10.9. The van der Waals surface area contributed by atoms with Crippen molar-refractivity contribution in [2.45, 2.75) is 39.4 Å². The molecule has 0 aromatic heterocycles. The number of hydrogen-bond donors (Lipinski definition) is 0. The zero-order chi connectivity index (χ0) is 23.8. The fraction of sp³-hybridized carbons (Fsp3) is 0.417. The highest BCUT2D eigenvalue weighted by Crippen LogP contribution is 2.28. The third-order valence-electron chi connectivity index (χ3n) is 5.43. The Bertz CT molecular complexity index is 947. The molecule has 0 bridgehead atoms. The van der Waals surface area contributed by atoms with E-state index in [0.717, 1.165) is 12.0 Å². The lowest BCUT2D eigenvalue weighted by molar-refractivity contribution is -0.384. The van der Waals surface area contributed by atoms with Crippen LogP contribution < -0.4 is 4.74 Å². The predicted octanol–water partition coefficient (Wildman–Crippen LogP) is 5.18. The summed E-state index contributed by atoms with van der Waals surface area (Å²) in [6.45, 7) is 5.07. The molecule has 2 aromatic rings. The third kappa shape index (κ3) is 7.20. The summed E-state index contributed by atoms with van der Waals surface area (Å²) in [4.78, 5) is 36.8. The second-order valence-corrected chi connectivity index (χ2v) is 8.42. The molecule has 1 fully saturated rings. The fourth-order valence-corrected chi connectivity index (χ4v) is 3.83. The molecule has 9 nitrogen and oxygen atoms in total. The van der Waals surface area contributed by atoms with E-state index in [0.29, 0.717) is 18.9 Å². The van der Waals surface area contributed by atoms with Crippen molar-refractivity contribution in [3.8, 4) is 5.75 Å². The molecule has 1 amide bonds. The van der Waals surface area contributed by atoms with E-state index < -0.39 is 23.3 Å². The molecule has 33 heavy (non-hydrogen) atoms. The number of carbonyl (C=O) groups is 2. The lowest BCUT2D eigenvalue weighted by Gasteiger charge is -2.37. The van der Waals surface area contributed by atoms with Crippen LogP contribution in [0.4, 0.5) is 15.3 Å². The summed E-state index contributed by atoms with van der Waals surface area (Å²) < 4.78 is 16.2. The van der Waals surface area contributed by atoms with Gasteiger partial charge in [0.25, 0.3) is 5.69 Å². The van der Waals surface area contributed by atoms with Crippen LogP contribution in [-0.4, -0.2) is 41.3 Å². The number of nitro groups is 1. The van der Waals surface area contributed by atoms with Gasteiger partial charge >= 0.3 is 12.2 Å². The molecule has 0 aliphatic carbocycles. The first-order valence-electron chi connectivity index (χ1n) is 10.9. The van der Waals surface area contributed by atoms with Crippen LogP contribution in [0.5, 0.6) is 5.75 Å². The maximum Gasteiger partial charge on any atom is 0.514 e. The van der Waals surface area contributed by atoms with Crippen molar-refractivity contribution in [3.63, 3.8) is 0 Å². The average Bonchev–Trinajstić information content (AvgIpc) is 2.79. The second-order valence-electron chi connectivity index (χ2n) is 8.42. The summed E-state index contributed by atoms with van der Waals surface area (Å²) in [6, 6.07) is 14.6. The van der Waals surface area contributed by atoms with E-state index in [1.807, 2.05) is 30.3 Å². The van der Waals surface area contributed by atoms with Gasteiger partial charge in [-0.05, 0) is 42.4 Å². The van der Waals surface area contributed by atoms with Gasteiger partial charge in [0, 0.05) is 18.7 Å². The molecule has 0 N–H and O–H groups in total. The van der Waals surface area contributed by atoms with Crippen LogP contribution >= 0.6 is 0 Å². The molecule has 1 heterocycles. The van der Waals surface area contributed by atoms with E-state index in [1.54, 1.807) is 4.90 Å². The molecule has 1 aliphatic rings. The number of amides is 1. The third-order valence-corrected chi connectivity index (χ3v) is 5.43. The SMILES string of the molecule is CC(C)C[C@@H]1CCN(C(=O)OCc2ccccc2)C[C@H]1OC(=O)Oc1ccc([N+](=O)[O-])cc1. The first kappa shape index (κ1) is 24.0. The highest BCUT2D eigenvalue weighted by molar-refractivity contribution is 5.68. The Labute approximate surface area is 192 Å². The standard InChI is InChI=1S/C24H28N2O7/c1-17(2)14-19-12-13-25(23(27)31-16-18-6-4-3-5-7-18)15-22(19)33-24(28)32-21-10-8-20(9-11-21)26(29)30/h3-11,17,19,22H,12-16H2,1-2H3/t19-,22+/m0/s1. The van der Waals surface area contributed by atoms with Gasteiger partial charge in [-0.1, -0.05) is 44.2 Å². The number of nitro benzene ring substituents is 1. The Kier molecular flexibility index (Phi) is 8.23. The quantitative estimate of drug-likeness (QED) is 0.244. The van der Waals surface area contributed by atoms with E-state index in [4.69, 9.17) is 14.2 Å². The van der Waals surface area contributed by atoms with Gasteiger partial charge in [0.05, 0.1) is 11.5 Å². The van der Waals surface area contributed by atoms with Crippen molar-refractivity contribution in [1.29, 1.82) is 0 Å². The molecule has 0 spiro atoms. The van der Waals surface area contributed by atoms with Gasteiger partial charge in [-0.2, -0.15) is 0 Å². The molecule has 0 radical (unpaired) electrons. The predicted molar refractivity (Wildman–Crippen MR) is 120 cm³/mol. The molecule has 176 valence electrons. The van der Waals surface area contributed by atoms with Crippen LogP contribution in [0, 0.1) is 22.0 Å². The number of non-ortho nitro benzene ring substituents is 1. The summed E-state index contributed by atoms with van der Waals surface area (Å²) in [7, 11) is 0.